The first kappa shape index (κ1) is 13.8. The van der Waals surface area contributed by atoms with Crippen molar-refractivity contribution in [3.63, 3.8) is 0 Å². The number of rotatable bonds is 4. The largest absolute Gasteiger partial charge is 0.480 e. The monoisotopic (exact) mass is 242 g/mol. The summed E-state index contributed by atoms with van der Waals surface area (Å²) >= 11 is 0. The van der Waals surface area contributed by atoms with Crippen molar-refractivity contribution < 1.29 is 14.7 Å². The molecule has 0 spiro atoms. The van der Waals surface area contributed by atoms with Crippen molar-refractivity contribution >= 4 is 12.0 Å². The van der Waals surface area contributed by atoms with E-state index in [4.69, 9.17) is 5.11 Å². The van der Waals surface area contributed by atoms with Crippen molar-refractivity contribution in [1.29, 1.82) is 0 Å². The molecule has 0 heterocycles. The Hall–Kier alpha value is -1.26. The topological polar surface area (TPSA) is 78.4 Å². The summed E-state index contributed by atoms with van der Waals surface area (Å²) in [6.45, 7) is 8.07. The van der Waals surface area contributed by atoms with Crippen LogP contribution in [0.2, 0.25) is 0 Å². The second-order valence-corrected chi connectivity index (χ2v) is 6.27. The molecule has 98 valence electrons. The number of carbonyl (C=O) groups is 2. The average molecular weight is 242 g/mol. The van der Waals surface area contributed by atoms with Gasteiger partial charge in [-0.1, -0.05) is 27.7 Å². The summed E-state index contributed by atoms with van der Waals surface area (Å²) in [6, 6.07) is -1.28. The van der Waals surface area contributed by atoms with Crippen LogP contribution in [0.3, 0.4) is 0 Å². The molecule has 0 radical (unpaired) electrons. The third-order valence-corrected chi connectivity index (χ3v) is 3.17. The van der Waals surface area contributed by atoms with Crippen LogP contribution in [0.1, 0.15) is 40.5 Å². The standard InChI is InChI=1S/C12H22N2O3/c1-11(2,3)8(9(15)16)14-10(17)13-7-12(4)5-6-12/h8H,5-7H2,1-4H3,(H,15,16)(H2,13,14,17). The van der Waals surface area contributed by atoms with Gasteiger partial charge in [0.25, 0.3) is 0 Å². The maximum Gasteiger partial charge on any atom is 0.326 e. The van der Waals surface area contributed by atoms with Crippen molar-refractivity contribution in [3.05, 3.63) is 0 Å². The van der Waals surface area contributed by atoms with Gasteiger partial charge in [-0.15, -0.1) is 0 Å². The third-order valence-electron chi connectivity index (χ3n) is 3.17. The number of carboxylic acids is 1. The summed E-state index contributed by atoms with van der Waals surface area (Å²) in [7, 11) is 0. The lowest BCUT2D eigenvalue weighted by molar-refractivity contribution is -0.141. The van der Waals surface area contributed by atoms with Gasteiger partial charge in [-0.2, -0.15) is 0 Å². The maximum atomic E-state index is 11.6. The van der Waals surface area contributed by atoms with Gasteiger partial charge in [0, 0.05) is 6.54 Å². The van der Waals surface area contributed by atoms with E-state index in [-0.39, 0.29) is 5.41 Å². The number of aliphatic carboxylic acids is 1. The molecule has 2 amide bonds. The van der Waals surface area contributed by atoms with Gasteiger partial charge in [0.1, 0.15) is 6.04 Å². The third kappa shape index (κ3) is 4.24. The zero-order valence-electron chi connectivity index (χ0n) is 11.0. The van der Waals surface area contributed by atoms with Crippen molar-refractivity contribution in [2.75, 3.05) is 6.54 Å². The second-order valence-electron chi connectivity index (χ2n) is 6.27. The first-order valence-electron chi connectivity index (χ1n) is 5.91. The minimum absolute atomic E-state index is 0.220. The molecule has 5 heteroatoms. The van der Waals surface area contributed by atoms with E-state index in [1.54, 1.807) is 20.8 Å². The van der Waals surface area contributed by atoms with E-state index in [0.717, 1.165) is 12.8 Å². The number of urea groups is 1. The Morgan fingerprint density at radius 1 is 1.35 bits per heavy atom. The molecule has 1 atom stereocenters. The van der Waals surface area contributed by atoms with Crippen molar-refractivity contribution in [3.8, 4) is 0 Å². The van der Waals surface area contributed by atoms with Gasteiger partial charge in [-0.05, 0) is 23.7 Å². The summed E-state index contributed by atoms with van der Waals surface area (Å²) < 4.78 is 0. The fourth-order valence-electron chi connectivity index (χ4n) is 1.51. The van der Waals surface area contributed by atoms with E-state index in [0.29, 0.717) is 6.54 Å². The van der Waals surface area contributed by atoms with E-state index in [2.05, 4.69) is 17.6 Å². The Labute approximate surface area is 102 Å². The zero-order valence-corrected chi connectivity index (χ0v) is 11.0. The molecule has 1 aliphatic carbocycles. The fourth-order valence-corrected chi connectivity index (χ4v) is 1.51. The van der Waals surface area contributed by atoms with Crippen molar-refractivity contribution in [1.82, 2.24) is 10.6 Å². The molecule has 1 fully saturated rings. The van der Waals surface area contributed by atoms with Crippen LogP contribution in [-0.2, 0) is 4.79 Å². The van der Waals surface area contributed by atoms with Crippen LogP contribution >= 0.6 is 0 Å². The molecule has 0 aromatic carbocycles. The van der Waals surface area contributed by atoms with E-state index in [1.165, 1.54) is 0 Å². The maximum absolute atomic E-state index is 11.6. The Bertz CT molecular complexity index is 316. The molecule has 17 heavy (non-hydrogen) atoms. The molecule has 0 bridgehead atoms. The van der Waals surface area contributed by atoms with Crippen LogP contribution in [0, 0.1) is 10.8 Å². The first-order valence-corrected chi connectivity index (χ1v) is 5.91. The summed E-state index contributed by atoms with van der Waals surface area (Å²) in [4.78, 5) is 22.6. The molecule has 0 aromatic rings. The molecule has 1 rings (SSSR count). The molecule has 1 aliphatic rings. The number of nitrogens with one attached hydrogen (secondary N) is 2. The first-order chi connectivity index (χ1) is 7.64. The predicted molar refractivity (Wildman–Crippen MR) is 64.8 cm³/mol. The Morgan fingerprint density at radius 2 is 1.88 bits per heavy atom. The average Bonchev–Trinajstić information content (AvgIpc) is 2.88. The van der Waals surface area contributed by atoms with Gasteiger partial charge in [-0.25, -0.2) is 9.59 Å². The quantitative estimate of drug-likeness (QED) is 0.700. The minimum Gasteiger partial charge on any atom is -0.480 e. The molecule has 1 saturated carbocycles. The molecule has 3 N–H and O–H groups in total. The molecule has 0 aliphatic heterocycles. The highest BCUT2D eigenvalue weighted by atomic mass is 16.4. The van der Waals surface area contributed by atoms with Crippen LogP contribution in [-0.4, -0.2) is 29.7 Å². The van der Waals surface area contributed by atoms with Gasteiger partial charge in [0.15, 0.2) is 0 Å². The lowest BCUT2D eigenvalue weighted by Crippen LogP contribution is -2.52. The lowest BCUT2D eigenvalue weighted by Gasteiger charge is -2.28. The molecule has 5 nitrogen and oxygen atoms in total. The van der Waals surface area contributed by atoms with E-state index < -0.39 is 23.5 Å². The highest BCUT2D eigenvalue weighted by Crippen LogP contribution is 2.43. The second kappa shape index (κ2) is 4.55. The van der Waals surface area contributed by atoms with Gasteiger partial charge in [-0.3, -0.25) is 0 Å². The van der Waals surface area contributed by atoms with E-state index in [1.807, 2.05) is 0 Å². The van der Waals surface area contributed by atoms with Gasteiger partial charge >= 0.3 is 12.0 Å². The lowest BCUT2D eigenvalue weighted by atomic mass is 9.87. The molecule has 1 unspecified atom stereocenters. The SMILES string of the molecule is CC1(CNC(=O)NC(C(=O)O)C(C)(C)C)CC1. The van der Waals surface area contributed by atoms with E-state index in [9.17, 15) is 9.59 Å². The van der Waals surface area contributed by atoms with Crippen LogP contribution in [0.15, 0.2) is 0 Å². The van der Waals surface area contributed by atoms with Crippen LogP contribution in [0.5, 0.6) is 0 Å². The smallest absolute Gasteiger partial charge is 0.326 e. The minimum atomic E-state index is -1.01. The van der Waals surface area contributed by atoms with Gasteiger partial charge < -0.3 is 15.7 Å². The molecule has 0 aromatic heterocycles. The number of hydrogen-bond donors (Lipinski definition) is 3. The molecular weight excluding hydrogens is 220 g/mol. The summed E-state index contributed by atoms with van der Waals surface area (Å²) in [5.41, 5.74) is -0.287. The zero-order chi connectivity index (χ0) is 13.3. The highest BCUT2D eigenvalue weighted by Gasteiger charge is 2.38. The van der Waals surface area contributed by atoms with Crippen molar-refractivity contribution in [2.24, 2.45) is 10.8 Å². The van der Waals surface area contributed by atoms with Gasteiger partial charge in [0.05, 0.1) is 0 Å². The number of carboxylic acid groups (broad SMARTS) is 1. The van der Waals surface area contributed by atoms with Crippen LogP contribution in [0.25, 0.3) is 0 Å². The van der Waals surface area contributed by atoms with Gasteiger partial charge in [0.2, 0.25) is 0 Å². The van der Waals surface area contributed by atoms with Crippen LogP contribution < -0.4 is 10.6 Å². The Kier molecular flexibility index (Phi) is 3.69. The molecular formula is C12H22N2O3. The Morgan fingerprint density at radius 3 is 2.24 bits per heavy atom. The fraction of sp³-hybridized carbons (Fsp3) is 0.833. The summed E-state index contributed by atoms with van der Waals surface area (Å²) in [5.74, 6) is -1.01. The highest BCUT2D eigenvalue weighted by molar-refractivity contribution is 5.83. The number of amides is 2. The normalized spacial score (nSPS) is 19.3. The number of hydrogen-bond acceptors (Lipinski definition) is 2. The van der Waals surface area contributed by atoms with E-state index >= 15 is 0 Å². The summed E-state index contributed by atoms with van der Waals surface area (Å²) in [6.07, 6.45) is 2.24. The van der Waals surface area contributed by atoms with Crippen molar-refractivity contribution in [2.45, 2.75) is 46.6 Å². The number of carbonyl (C=O) groups excluding carboxylic acids is 1. The molecule has 0 saturated heterocycles. The Balaban J connectivity index is 2.44. The predicted octanol–water partition coefficient (Wildman–Crippen LogP) is 1.58. The van der Waals surface area contributed by atoms with Crippen LogP contribution in [0.4, 0.5) is 4.79 Å². The summed E-state index contributed by atoms with van der Waals surface area (Å²) in [5, 5.41) is 14.3.